The van der Waals surface area contributed by atoms with Crippen LogP contribution in [0.4, 0.5) is 11.5 Å². The zero-order valence-corrected chi connectivity index (χ0v) is 8.88. The summed E-state index contributed by atoms with van der Waals surface area (Å²) >= 11 is 0. The molecule has 0 saturated carbocycles. The Kier molecular flexibility index (Phi) is 2.31. The number of rotatable bonds is 3. The maximum absolute atomic E-state index is 4.14. The van der Waals surface area contributed by atoms with E-state index in [0.29, 0.717) is 11.5 Å². The van der Waals surface area contributed by atoms with Crippen molar-refractivity contribution in [1.82, 2.24) is 19.9 Å². The predicted molar refractivity (Wildman–Crippen MR) is 65.4 cm³/mol. The molecular weight excluding hydrogens is 216 g/mol. The van der Waals surface area contributed by atoms with Crippen molar-refractivity contribution in [3.63, 3.8) is 0 Å². The third-order valence-electron chi connectivity index (χ3n) is 2.32. The van der Waals surface area contributed by atoms with Crippen LogP contribution in [-0.4, -0.2) is 19.9 Å². The van der Waals surface area contributed by atoms with Crippen LogP contribution in [0, 0.1) is 0 Å². The minimum Gasteiger partial charge on any atom is -0.340 e. The third kappa shape index (κ3) is 1.87. The maximum Gasteiger partial charge on any atom is 0.182 e. The molecule has 0 fully saturated rings. The van der Waals surface area contributed by atoms with Crippen LogP contribution in [0.1, 0.15) is 0 Å². The Morgan fingerprint density at radius 1 is 0.941 bits per heavy atom. The number of hydrogen-bond donors (Lipinski definition) is 3. The summed E-state index contributed by atoms with van der Waals surface area (Å²) < 4.78 is 0. The first-order chi connectivity index (χ1) is 8.43. The lowest BCUT2D eigenvalue weighted by atomic mass is 10.3. The smallest absolute Gasteiger partial charge is 0.182 e. The molecule has 17 heavy (non-hydrogen) atoms. The maximum atomic E-state index is 4.14. The molecule has 0 saturated heterocycles. The molecule has 0 radical (unpaired) electrons. The van der Waals surface area contributed by atoms with E-state index in [1.54, 1.807) is 6.33 Å². The summed E-state index contributed by atoms with van der Waals surface area (Å²) in [4.78, 5) is 15.2. The number of aromatic nitrogens is 4. The lowest BCUT2D eigenvalue weighted by Gasteiger charge is -2.08. The molecule has 3 N–H and O–H groups in total. The van der Waals surface area contributed by atoms with Crippen LogP contribution in [0.5, 0.6) is 0 Å². The van der Waals surface area contributed by atoms with E-state index in [1.165, 1.54) is 6.33 Å². The summed E-state index contributed by atoms with van der Waals surface area (Å²) in [7, 11) is 0. The largest absolute Gasteiger partial charge is 0.340 e. The van der Waals surface area contributed by atoms with Gasteiger partial charge in [0, 0.05) is 0 Å². The van der Waals surface area contributed by atoms with Crippen LogP contribution < -0.4 is 10.9 Å². The van der Waals surface area contributed by atoms with Gasteiger partial charge in [0.05, 0.1) is 12.0 Å². The standard InChI is InChI=1S/C11H10N6/c1-2-4-8(5-3-1)16-17-11-9-10(13-6-12-9)14-7-15-11/h1-7,16H,(H2,12,13,14,15,17). The molecule has 3 rings (SSSR count). The molecule has 0 unspecified atom stereocenters. The Hall–Kier alpha value is -2.63. The van der Waals surface area contributed by atoms with Crippen LogP contribution >= 0.6 is 0 Å². The highest BCUT2D eigenvalue weighted by Gasteiger charge is 2.04. The van der Waals surface area contributed by atoms with Crippen LogP contribution in [0.15, 0.2) is 43.0 Å². The van der Waals surface area contributed by atoms with Crippen LogP contribution in [-0.2, 0) is 0 Å². The molecule has 3 aromatic rings. The van der Waals surface area contributed by atoms with Crippen LogP contribution in [0.3, 0.4) is 0 Å². The van der Waals surface area contributed by atoms with Gasteiger partial charge in [-0.3, -0.25) is 10.9 Å². The molecule has 0 aliphatic heterocycles. The Balaban J connectivity index is 1.84. The quantitative estimate of drug-likeness (QED) is 0.593. The second-order valence-corrected chi connectivity index (χ2v) is 3.44. The molecule has 6 nitrogen and oxygen atoms in total. The van der Waals surface area contributed by atoms with Gasteiger partial charge in [-0.05, 0) is 12.1 Å². The number of aromatic amines is 1. The number of para-hydroxylation sites is 1. The summed E-state index contributed by atoms with van der Waals surface area (Å²) in [6.07, 6.45) is 3.06. The Morgan fingerprint density at radius 3 is 2.71 bits per heavy atom. The lowest BCUT2D eigenvalue weighted by molar-refractivity contribution is 1.18. The number of hydrogen-bond acceptors (Lipinski definition) is 5. The van der Waals surface area contributed by atoms with E-state index in [4.69, 9.17) is 0 Å². The monoisotopic (exact) mass is 226 g/mol. The minimum atomic E-state index is 0.636. The fourth-order valence-corrected chi connectivity index (χ4v) is 1.51. The second-order valence-electron chi connectivity index (χ2n) is 3.44. The normalized spacial score (nSPS) is 10.4. The number of hydrazine groups is 1. The van der Waals surface area contributed by atoms with Crippen molar-refractivity contribution in [3.05, 3.63) is 43.0 Å². The van der Waals surface area contributed by atoms with Gasteiger partial charge in [0.1, 0.15) is 11.8 Å². The van der Waals surface area contributed by atoms with Crippen molar-refractivity contribution in [3.8, 4) is 0 Å². The molecule has 2 aromatic heterocycles. The van der Waals surface area contributed by atoms with Crippen molar-refractivity contribution >= 4 is 22.7 Å². The van der Waals surface area contributed by atoms with E-state index < -0.39 is 0 Å². The highest BCUT2D eigenvalue weighted by molar-refractivity contribution is 5.82. The molecule has 0 aliphatic carbocycles. The van der Waals surface area contributed by atoms with Gasteiger partial charge in [-0.15, -0.1) is 0 Å². The summed E-state index contributed by atoms with van der Waals surface area (Å²) in [6, 6.07) is 9.78. The number of benzene rings is 1. The van der Waals surface area contributed by atoms with E-state index in [1.807, 2.05) is 30.3 Å². The highest BCUT2D eigenvalue weighted by atomic mass is 15.4. The van der Waals surface area contributed by atoms with Gasteiger partial charge in [0.15, 0.2) is 11.5 Å². The van der Waals surface area contributed by atoms with E-state index in [9.17, 15) is 0 Å². The first kappa shape index (κ1) is 9.59. The van der Waals surface area contributed by atoms with Gasteiger partial charge in [-0.25, -0.2) is 15.0 Å². The summed E-state index contributed by atoms with van der Waals surface area (Å²) in [6.45, 7) is 0. The number of imidazole rings is 1. The van der Waals surface area contributed by atoms with Gasteiger partial charge in [-0.1, -0.05) is 18.2 Å². The first-order valence-electron chi connectivity index (χ1n) is 5.14. The fraction of sp³-hybridized carbons (Fsp3) is 0. The van der Waals surface area contributed by atoms with Crippen LogP contribution in [0.25, 0.3) is 11.2 Å². The van der Waals surface area contributed by atoms with Gasteiger partial charge in [0.25, 0.3) is 0 Å². The van der Waals surface area contributed by atoms with Crippen molar-refractivity contribution in [2.24, 2.45) is 0 Å². The fourth-order valence-electron chi connectivity index (χ4n) is 1.51. The number of anilines is 2. The van der Waals surface area contributed by atoms with E-state index in [2.05, 4.69) is 30.8 Å². The minimum absolute atomic E-state index is 0.636. The van der Waals surface area contributed by atoms with Crippen molar-refractivity contribution in [2.75, 3.05) is 10.9 Å². The average Bonchev–Trinajstić information content (AvgIpc) is 2.86. The lowest BCUT2D eigenvalue weighted by Crippen LogP contribution is -2.10. The molecule has 0 spiro atoms. The SMILES string of the molecule is c1ccc(NNc2ncnc3nc[nH]c23)cc1. The first-order valence-corrected chi connectivity index (χ1v) is 5.14. The molecule has 0 amide bonds. The molecular formula is C11H10N6. The van der Waals surface area contributed by atoms with Crippen molar-refractivity contribution < 1.29 is 0 Å². The molecule has 0 bridgehead atoms. The van der Waals surface area contributed by atoms with Crippen LogP contribution in [0.2, 0.25) is 0 Å². The number of H-pyrrole nitrogens is 1. The van der Waals surface area contributed by atoms with Crippen molar-refractivity contribution in [1.29, 1.82) is 0 Å². The number of fused-ring (bicyclic) bond motifs is 1. The topological polar surface area (TPSA) is 78.5 Å². The number of nitrogens with zero attached hydrogens (tertiary/aromatic N) is 3. The summed E-state index contributed by atoms with van der Waals surface area (Å²) in [5.41, 5.74) is 8.44. The summed E-state index contributed by atoms with van der Waals surface area (Å²) in [5, 5.41) is 0. The van der Waals surface area contributed by atoms with E-state index in [-0.39, 0.29) is 0 Å². The molecule has 0 atom stereocenters. The predicted octanol–water partition coefficient (Wildman–Crippen LogP) is 1.79. The van der Waals surface area contributed by atoms with Gasteiger partial charge in [-0.2, -0.15) is 0 Å². The zero-order valence-electron chi connectivity index (χ0n) is 8.88. The third-order valence-corrected chi connectivity index (χ3v) is 2.32. The van der Waals surface area contributed by atoms with E-state index >= 15 is 0 Å². The highest BCUT2D eigenvalue weighted by Crippen LogP contribution is 2.14. The van der Waals surface area contributed by atoms with Gasteiger partial charge < -0.3 is 4.98 Å². The zero-order chi connectivity index (χ0) is 11.5. The Bertz CT molecular complexity index is 618. The molecule has 0 aliphatic rings. The molecule has 1 aromatic carbocycles. The molecule has 2 heterocycles. The molecule has 84 valence electrons. The van der Waals surface area contributed by atoms with E-state index in [0.717, 1.165) is 11.2 Å². The Labute approximate surface area is 97.1 Å². The molecule has 6 heteroatoms. The van der Waals surface area contributed by atoms with Crippen molar-refractivity contribution in [2.45, 2.75) is 0 Å². The number of nitrogens with one attached hydrogen (secondary N) is 3. The second kappa shape index (κ2) is 4.09. The summed E-state index contributed by atoms with van der Waals surface area (Å²) in [5.74, 6) is 0.663. The van der Waals surface area contributed by atoms with Gasteiger partial charge in [0.2, 0.25) is 0 Å². The average molecular weight is 226 g/mol. The van der Waals surface area contributed by atoms with Gasteiger partial charge >= 0.3 is 0 Å². The Morgan fingerprint density at radius 2 is 1.82 bits per heavy atom.